The van der Waals surface area contributed by atoms with Crippen molar-refractivity contribution in [1.82, 2.24) is 5.32 Å². The van der Waals surface area contributed by atoms with Gasteiger partial charge >= 0.3 is 0 Å². The van der Waals surface area contributed by atoms with E-state index in [-0.39, 0.29) is 5.75 Å². The van der Waals surface area contributed by atoms with Gasteiger partial charge in [0.2, 0.25) is 0 Å². The molecule has 1 N–H and O–H groups in total. The van der Waals surface area contributed by atoms with Gasteiger partial charge in [-0.15, -0.1) is 0 Å². The van der Waals surface area contributed by atoms with E-state index in [9.17, 15) is 8.42 Å². The van der Waals surface area contributed by atoms with E-state index in [0.29, 0.717) is 17.7 Å². The zero-order chi connectivity index (χ0) is 12.6. The third kappa shape index (κ3) is 9.48. The summed E-state index contributed by atoms with van der Waals surface area (Å²) < 4.78 is 21.9. The summed E-state index contributed by atoms with van der Waals surface area (Å²) in [6.07, 6.45) is 2.43. The van der Waals surface area contributed by atoms with Crippen LogP contribution in [0.1, 0.15) is 27.2 Å². The van der Waals surface area contributed by atoms with Crippen molar-refractivity contribution in [2.24, 2.45) is 5.92 Å². The van der Waals surface area contributed by atoms with Crippen LogP contribution in [0.2, 0.25) is 0 Å². The molecule has 1 atom stereocenters. The van der Waals surface area contributed by atoms with E-state index in [4.69, 9.17) is 0 Å². The minimum absolute atomic E-state index is 0.288. The van der Waals surface area contributed by atoms with Crippen molar-refractivity contribution in [3.8, 4) is 0 Å². The lowest BCUT2D eigenvalue weighted by atomic mass is 10.1. The van der Waals surface area contributed by atoms with Crippen LogP contribution in [0.4, 0.5) is 0 Å². The highest BCUT2D eigenvalue weighted by Crippen LogP contribution is 2.10. The van der Waals surface area contributed by atoms with Crippen molar-refractivity contribution in [2.45, 2.75) is 33.2 Å². The van der Waals surface area contributed by atoms with Crippen molar-refractivity contribution in [3.05, 3.63) is 0 Å². The molecule has 0 saturated carbocycles. The first-order valence-corrected chi connectivity index (χ1v) is 9.07. The second-order valence-corrected chi connectivity index (χ2v) is 7.92. The van der Waals surface area contributed by atoms with Gasteiger partial charge in [-0.2, -0.15) is 11.8 Å². The van der Waals surface area contributed by atoms with E-state index in [2.05, 4.69) is 26.1 Å². The fourth-order valence-electron chi connectivity index (χ4n) is 1.24. The molecule has 0 aliphatic rings. The van der Waals surface area contributed by atoms with Gasteiger partial charge in [0.05, 0.1) is 5.75 Å². The predicted octanol–water partition coefficient (Wildman–Crippen LogP) is 1.79. The van der Waals surface area contributed by atoms with Crippen molar-refractivity contribution < 1.29 is 8.42 Å². The Morgan fingerprint density at radius 3 is 2.38 bits per heavy atom. The Balaban J connectivity index is 3.76. The molecule has 0 heterocycles. The van der Waals surface area contributed by atoms with Crippen molar-refractivity contribution >= 4 is 21.6 Å². The van der Waals surface area contributed by atoms with Crippen LogP contribution in [0.25, 0.3) is 0 Å². The monoisotopic (exact) mass is 267 g/mol. The van der Waals surface area contributed by atoms with Crippen LogP contribution < -0.4 is 5.32 Å². The second kappa shape index (κ2) is 8.37. The van der Waals surface area contributed by atoms with Crippen LogP contribution in [0.5, 0.6) is 0 Å². The van der Waals surface area contributed by atoms with Gasteiger partial charge in [0.1, 0.15) is 9.84 Å². The maximum Gasteiger partial charge on any atom is 0.148 e. The largest absolute Gasteiger partial charge is 0.313 e. The van der Waals surface area contributed by atoms with Gasteiger partial charge in [0.15, 0.2) is 0 Å². The van der Waals surface area contributed by atoms with Crippen LogP contribution in [-0.2, 0) is 9.84 Å². The summed E-state index contributed by atoms with van der Waals surface area (Å²) in [6.45, 7) is 7.59. The lowest BCUT2D eigenvalue weighted by Gasteiger charge is -2.21. The average Bonchev–Trinajstić information content (AvgIpc) is 2.14. The number of nitrogens with one attached hydrogen (secondary N) is 1. The van der Waals surface area contributed by atoms with Gasteiger partial charge in [0.25, 0.3) is 0 Å². The SMILES string of the molecule is CCCNC(CSCCS(C)(=O)=O)C(C)C. The molecule has 0 rings (SSSR count). The first-order chi connectivity index (χ1) is 7.37. The Bertz CT molecular complexity index is 263. The lowest BCUT2D eigenvalue weighted by Crippen LogP contribution is -2.36. The fourth-order valence-corrected chi connectivity index (χ4v) is 3.84. The Morgan fingerprint density at radius 2 is 1.94 bits per heavy atom. The summed E-state index contributed by atoms with van der Waals surface area (Å²) in [5.41, 5.74) is 0. The van der Waals surface area contributed by atoms with Crippen molar-refractivity contribution in [1.29, 1.82) is 0 Å². The van der Waals surface area contributed by atoms with Gasteiger partial charge in [-0.25, -0.2) is 8.42 Å². The standard InChI is InChI=1S/C11H25NO2S2/c1-5-6-12-11(10(2)3)9-15-7-8-16(4,13)14/h10-12H,5-9H2,1-4H3. The zero-order valence-electron chi connectivity index (χ0n) is 10.8. The third-order valence-corrected chi connectivity index (χ3v) is 4.65. The number of thioether (sulfide) groups is 1. The smallest absolute Gasteiger partial charge is 0.148 e. The third-order valence-electron chi connectivity index (χ3n) is 2.36. The summed E-state index contributed by atoms with van der Waals surface area (Å²) in [5.74, 6) is 2.58. The Morgan fingerprint density at radius 1 is 1.31 bits per heavy atom. The number of hydrogen-bond donors (Lipinski definition) is 1. The molecule has 0 aliphatic heterocycles. The molecule has 0 amide bonds. The van der Waals surface area contributed by atoms with E-state index < -0.39 is 9.84 Å². The summed E-state index contributed by atoms with van der Waals surface area (Å²) in [4.78, 5) is 0. The first kappa shape index (κ1) is 16.3. The van der Waals surface area contributed by atoms with E-state index >= 15 is 0 Å². The molecule has 98 valence electrons. The molecule has 3 nitrogen and oxygen atoms in total. The number of rotatable bonds is 9. The van der Waals surface area contributed by atoms with E-state index in [1.54, 1.807) is 11.8 Å². The van der Waals surface area contributed by atoms with Crippen molar-refractivity contribution in [3.63, 3.8) is 0 Å². The average molecular weight is 267 g/mol. The van der Waals surface area contributed by atoms with Gasteiger partial charge in [-0.05, 0) is 18.9 Å². The summed E-state index contributed by atoms with van der Waals surface area (Å²) in [7, 11) is -2.80. The second-order valence-electron chi connectivity index (χ2n) is 4.51. The van der Waals surface area contributed by atoms with E-state index in [0.717, 1.165) is 18.7 Å². The molecule has 0 aromatic carbocycles. The van der Waals surface area contributed by atoms with Gasteiger partial charge in [0, 0.05) is 23.8 Å². The van der Waals surface area contributed by atoms with Gasteiger partial charge in [-0.3, -0.25) is 0 Å². The molecule has 0 aromatic rings. The first-order valence-electron chi connectivity index (χ1n) is 5.85. The van der Waals surface area contributed by atoms with Gasteiger partial charge in [-0.1, -0.05) is 20.8 Å². The summed E-state index contributed by atoms with van der Waals surface area (Å²) in [6, 6.07) is 0.490. The molecule has 0 aliphatic carbocycles. The van der Waals surface area contributed by atoms with Gasteiger partial charge < -0.3 is 5.32 Å². The van der Waals surface area contributed by atoms with E-state index in [1.807, 2.05) is 0 Å². The molecule has 0 radical (unpaired) electrons. The van der Waals surface area contributed by atoms with Crippen molar-refractivity contribution in [2.75, 3.05) is 30.1 Å². The molecule has 0 spiro atoms. The van der Waals surface area contributed by atoms with Crippen LogP contribution in [-0.4, -0.2) is 44.5 Å². The van der Waals surface area contributed by atoms with E-state index in [1.165, 1.54) is 6.26 Å². The molecule has 0 saturated heterocycles. The quantitative estimate of drug-likeness (QED) is 0.647. The predicted molar refractivity (Wildman–Crippen MR) is 74.0 cm³/mol. The highest BCUT2D eigenvalue weighted by atomic mass is 32.2. The molecule has 0 bridgehead atoms. The minimum Gasteiger partial charge on any atom is -0.313 e. The maximum absolute atomic E-state index is 11.0. The van der Waals surface area contributed by atoms with Crippen LogP contribution in [0.3, 0.4) is 0 Å². The number of sulfone groups is 1. The Kier molecular flexibility index (Phi) is 8.50. The molecule has 16 heavy (non-hydrogen) atoms. The molecule has 0 fully saturated rings. The highest BCUT2D eigenvalue weighted by molar-refractivity contribution is 8.00. The molecule has 0 aromatic heterocycles. The van der Waals surface area contributed by atoms with Crippen LogP contribution in [0.15, 0.2) is 0 Å². The zero-order valence-corrected chi connectivity index (χ0v) is 12.5. The minimum atomic E-state index is -2.80. The summed E-state index contributed by atoms with van der Waals surface area (Å²) >= 11 is 1.73. The topological polar surface area (TPSA) is 46.2 Å². The number of hydrogen-bond acceptors (Lipinski definition) is 4. The molecule has 1 unspecified atom stereocenters. The molecular weight excluding hydrogens is 242 g/mol. The molecular formula is C11H25NO2S2. The lowest BCUT2D eigenvalue weighted by molar-refractivity contribution is 0.434. The fraction of sp³-hybridized carbons (Fsp3) is 1.00. The molecule has 5 heteroatoms. The van der Waals surface area contributed by atoms with Crippen LogP contribution in [0, 0.1) is 5.92 Å². The summed E-state index contributed by atoms with van der Waals surface area (Å²) in [5, 5.41) is 3.50. The maximum atomic E-state index is 11.0. The van der Waals surface area contributed by atoms with Crippen LogP contribution >= 0.6 is 11.8 Å². The normalized spacial score (nSPS) is 14.3. The Hall–Kier alpha value is 0.260. The Labute approximate surface area is 105 Å². The highest BCUT2D eigenvalue weighted by Gasteiger charge is 2.12.